The van der Waals surface area contributed by atoms with Gasteiger partial charge in [-0.25, -0.2) is 8.42 Å². The lowest BCUT2D eigenvalue weighted by Crippen LogP contribution is -2.33. The van der Waals surface area contributed by atoms with E-state index < -0.39 is 9.84 Å². The average molecular weight is 218 g/mol. The fourth-order valence-corrected chi connectivity index (χ4v) is 2.22. The maximum absolute atomic E-state index is 10.9. The Bertz CT molecular complexity index is 280. The van der Waals surface area contributed by atoms with E-state index in [1.165, 1.54) is 6.26 Å². The van der Waals surface area contributed by atoms with Crippen LogP contribution in [0.2, 0.25) is 0 Å². The molecule has 0 aliphatic rings. The first kappa shape index (κ1) is 13.4. The Balaban J connectivity index is 3.46. The molecule has 0 amide bonds. The molecule has 0 heterocycles. The van der Waals surface area contributed by atoms with Gasteiger partial charge in [0, 0.05) is 18.7 Å². The van der Waals surface area contributed by atoms with E-state index in [2.05, 4.69) is 11.4 Å². The van der Waals surface area contributed by atoms with Gasteiger partial charge in [0.25, 0.3) is 0 Å². The van der Waals surface area contributed by atoms with E-state index in [1.54, 1.807) is 0 Å². The first-order valence-corrected chi connectivity index (χ1v) is 6.80. The van der Waals surface area contributed by atoms with Gasteiger partial charge in [0.05, 0.1) is 11.8 Å². The molecular formula is C9H18N2O2S. The molecule has 0 saturated heterocycles. The van der Waals surface area contributed by atoms with Gasteiger partial charge in [-0.15, -0.1) is 0 Å². The van der Waals surface area contributed by atoms with Gasteiger partial charge < -0.3 is 5.32 Å². The van der Waals surface area contributed by atoms with Crippen LogP contribution in [-0.2, 0) is 9.84 Å². The Morgan fingerprint density at radius 2 is 2.07 bits per heavy atom. The third-order valence-corrected chi connectivity index (χ3v) is 2.87. The van der Waals surface area contributed by atoms with Crippen LogP contribution in [0.15, 0.2) is 0 Å². The number of unbranched alkanes of at least 4 members (excludes halogenated alkanes) is 2. The molecule has 0 saturated carbocycles. The molecule has 0 aliphatic carbocycles. The summed E-state index contributed by atoms with van der Waals surface area (Å²) in [5.74, 6) is 0.172. The van der Waals surface area contributed by atoms with Crippen LogP contribution in [0.5, 0.6) is 0 Å². The van der Waals surface area contributed by atoms with Crippen molar-refractivity contribution in [1.29, 1.82) is 5.26 Å². The minimum Gasteiger partial charge on any atom is -0.313 e. The molecule has 82 valence electrons. The summed E-state index contributed by atoms with van der Waals surface area (Å²) >= 11 is 0. The lowest BCUT2D eigenvalue weighted by atomic mass is 10.2. The van der Waals surface area contributed by atoms with E-state index in [0.29, 0.717) is 6.42 Å². The molecule has 1 N–H and O–H groups in total. The van der Waals surface area contributed by atoms with Crippen molar-refractivity contribution < 1.29 is 8.42 Å². The Morgan fingerprint density at radius 3 is 2.57 bits per heavy atom. The first-order valence-electron chi connectivity index (χ1n) is 4.74. The third kappa shape index (κ3) is 9.49. The highest BCUT2D eigenvalue weighted by molar-refractivity contribution is 7.90. The summed E-state index contributed by atoms with van der Waals surface area (Å²) in [7, 11) is -2.89. The van der Waals surface area contributed by atoms with Crippen molar-refractivity contribution >= 4 is 9.84 Å². The van der Waals surface area contributed by atoms with E-state index in [9.17, 15) is 8.42 Å². The molecule has 0 aromatic rings. The second kappa shape index (κ2) is 6.80. The molecule has 0 radical (unpaired) electrons. The molecule has 1 unspecified atom stereocenters. The molecule has 0 spiro atoms. The first-order chi connectivity index (χ1) is 6.45. The zero-order valence-electron chi connectivity index (χ0n) is 8.78. The van der Waals surface area contributed by atoms with Gasteiger partial charge in [-0.1, -0.05) is 0 Å². The number of rotatable bonds is 7. The largest absolute Gasteiger partial charge is 0.313 e. The van der Waals surface area contributed by atoms with Crippen molar-refractivity contribution in [3.05, 3.63) is 0 Å². The van der Waals surface area contributed by atoms with Crippen LogP contribution in [0.3, 0.4) is 0 Å². The van der Waals surface area contributed by atoms with E-state index in [4.69, 9.17) is 5.26 Å². The number of nitrogens with one attached hydrogen (secondary N) is 1. The smallest absolute Gasteiger partial charge is 0.148 e. The molecule has 0 fully saturated rings. The van der Waals surface area contributed by atoms with Crippen LogP contribution in [0.25, 0.3) is 0 Å². The number of nitrogens with zero attached hydrogens (tertiary/aromatic N) is 1. The molecule has 0 bridgehead atoms. The molecule has 4 nitrogen and oxygen atoms in total. The summed E-state index contributed by atoms with van der Waals surface area (Å²) in [6.45, 7) is 2.63. The topological polar surface area (TPSA) is 70.0 Å². The van der Waals surface area contributed by atoms with Gasteiger partial charge >= 0.3 is 0 Å². The summed E-state index contributed by atoms with van der Waals surface area (Å²) in [5, 5.41) is 11.4. The van der Waals surface area contributed by atoms with Crippen molar-refractivity contribution in [2.45, 2.75) is 32.2 Å². The fraction of sp³-hybridized carbons (Fsp3) is 0.889. The van der Waals surface area contributed by atoms with E-state index in [0.717, 1.165) is 19.4 Å². The third-order valence-electron chi connectivity index (χ3n) is 1.76. The molecular weight excluding hydrogens is 200 g/mol. The average Bonchev–Trinajstić information content (AvgIpc) is 2.00. The van der Waals surface area contributed by atoms with Gasteiger partial charge in [0.1, 0.15) is 9.84 Å². The van der Waals surface area contributed by atoms with Gasteiger partial charge in [-0.3, -0.25) is 0 Å². The maximum atomic E-state index is 10.9. The van der Waals surface area contributed by atoms with Crippen molar-refractivity contribution in [1.82, 2.24) is 5.32 Å². The normalized spacial score (nSPS) is 13.5. The predicted octanol–water partition coefficient (Wildman–Crippen LogP) is 0.703. The minimum atomic E-state index is -2.89. The van der Waals surface area contributed by atoms with Crippen molar-refractivity contribution in [2.75, 3.05) is 18.6 Å². The molecule has 0 rings (SSSR count). The zero-order valence-corrected chi connectivity index (χ0v) is 9.60. The summed E-state index contributed by atoms with van der Waals surface area (Å²) in [6, 6.07) is 2.06. The Hall–Kier alpha value is -0.600. The van der Waals surface area contributed by atoms with Gasteiger partial charge in [-0.2, -0.15) is 5.26 Å². The molecule has 0 aromatic carbocycles. The van der Waals surface area contributed by atoms with Crippen LogP contribution in [0.1, 0.15) is 26.2 Å². The number of hydrogen-bond acceptors (Lipinski definition) is 4. The summed E-state index contributed by atoms with van der Waals surface area (Å²) in [6.07, 6.45) is 3.60. The quantitative estimate of drug-likeness (QED) is 0.639. The van der Waals surface area contributed by atoms with Crippen LogP contribution < -0.4 is 5.32 Å². The molecule has 14 heavy (non-hydrogen) atoms. The van der Waals surface area contributed by atoms with E-state index >= 15 is 0 Å². The molecule has 5 heteroatoms. The SMILES string of the molecule is CC(CS(C)(=O)=O)NCCCCC#N. The van der Waals surface area contributed by atoms with Crippen LogP contribution in [-0.4, -0.2) is 33.0 Å². The molecule has 1 atom stereocenters. The van der Waals surface area contributed by atoms with Crippen molar-refractivity contribution in [3.8, 4) is 6.07 Å². The lowest BCUT2D eigenvalue weighted by molar-refractivity contribution is 0.545. The highest BCUT2D eigenvalue weighted by Gasteiger charge is 2.08. The van der Waals surface area contributed by atoms with E-state index in [-0.39, 0.29) is 11.8 Å². The number of nitriles is 1. The summed E-state index contributed by atoms with van der Waals surface area (Å²) < 4.78 is 21.8. The fourth-order valence-electron chi connectivity index (χ4n) is 1.19. The monoisotopic (exact) mass is 218 g/mol. The number of hydrogen-bond donors (Lipinski definition) is 1. The summed E-state index contributed by atoms with van der Waals surface area (Å²) in [5.41, 5.74) is 0. The standard InChI is InChI=1S/C9H18N2O2S/c1-9(8-14(2,12)13)11-7-5-3-4-6-10/h9,11H,3-5,7-8H2,1-2H3. The van der Waals surface area contributed by atoms with E-state index in [1.807, 2.05) is 6.92 Å². The van der Waals surface area contributed by atoms with Crippen molar-refractivity contribution in [3.63, 3.8) is 0 Å². The van der Waals surface area contributed by atoms with Gasteiger partial charge in [0.15, 0.2) is 0 Å². The van der Waals surface area contributed by atoms with Gasteiger partial charge in [0.2, 0.25) is 0 Å². The van der Waals surface area contributed by atoms with Crippen molar-refractivity contribution in [2.24, 2.45) is 0 Å². The Morgan fingerprint density at radius 1 is 1.43 bits per heavy atom. The lowest BCUT2D eigenvalue weighted by Gasteiger charge is -2.11. The van der Waals surface area contributed by atoms with Gasteiger partial charge in [-0.05, 0) is 26.3 Å². The highest BCUT2D eigenvalue weighted by Crippen LogP contribution is 1.94. The van der Waals surface area contributed by atoms with Crippen LogP contribution in [0.4, 0.5) is 0 Å². The summed E-state index contributed by atoms with van der Waals surface area (Å²) in [4.78, 5) is 0. The maximum Gasteiger partial charge on any atom is 0.148 e. The predicted molar refractivity (Wildman–Crippen MR) is 56.6 cm³/mol. The zero-order chi connectivity index (χ0) is 11.0. The Kier molecular flexibility index (Phi) is 6.50. The molecule has 0 aliphatic heterocycles. The number of sulfone groups is 1. The molecule has 0 aromatic heterocycles. The minimum absolute atomic E-state index is 0.00733. The van der Waals surface area contributed by atoms with Crippen LogP contribution in [0, 0.1) is 11.3 Å². The second-order valence-corrected chi connectivity index (χ2v) is 5.75. The highest BCUT2D eigenvalue weighted by atomic mass is 32.2. The second-order valence-electron chi connectivity index (χ2n) is 3.56. The van der Waals surface area contributed by atoms with Crippen LogP contribution >= 0.6 is 0 Å². The Labute approximate surface area is 86.2 Å².